The van der Waals surface area contributed by atoms with Crippen LogP contribution >= 0.6 is 27.3 Å². The average Bonchev–Trinajstić information content (AvgIpc) is 2.48. The minimum absolute atomic E-state index is 0.137. The van der Waals surface area contributed by atoms with Gasteiger partial charge in [0.1, 0.15) is 5.82 Å². The Morgan fingerprint density at radius 2 is 2.29 bits per heavy atom. The lowest BCUT2D eigenvalue weighted by Gasteiger charge is -1.90. The number of nitrogens with zero attached hydrogens (tertiary/aromatic N) is 1. The molecule has 1 heterocycles. The van der Waals surface area contributed by atoms with Gasteiger partial charge in [0, 0.05) is 9.86 Å². The number of benzene rings is 1. The Morgan fingerprint density at radius 1 is 1.50 bits per heavy atom. The van der Waals surface area contributed by atoms with Gasteiger partial charge in [-0.05, 0) is 22.0 Å². The molecule has 0 spiro atoms. The summed E-state index contributed by atoms with van der Waals surface area (Å²) in [7, 11) is 0. The molecule has 2 rings (SSSR count). The van der Waals surface area contributed by atoms with Crippen molar-refractivity contribution in [2.75, 3.05) is 0 Å². The van der Waals surface area contributed by atoms with E-state index in [2.05, 4.69) is 15.9 Å². The highest BCUT2D eigenvalue weighted by Gasteiger charge is 2.12. The molecule has 0 amide bonds. The van der Waals surface area contributed by atoms with E-state index in [1.54, 1.807) is 12.1 Å². The van der Waals surface area contributed by atoms with Gasteiger partial charge in [0.15, 0.2) is 0 Å². The van der Waals surface area contributed by atoms with Crippen LogP contribution in [0.2, 0.25) is 0 Å². The number of thiophene rings is 1. The van der Waals surface area contributed by atoms with Crippen molar-refractivity contribution < 1.29 is 4.39 Å². The molecule has 0 bridgehead atoms. The fraction of sp³-hybridized carbons (Fsp3) is 0.100. The van der Waals surface area contributed by atoms with Crippen LogP contribution in [0.1, 0.15) is 4.88 Å². The van der Waals surface area contributed by atoms with Crippen molar-refractivity contribution >= 4 is 37.4 Å². The minimum Gasteiger partial charge on any atom is -0.205 e. The van der Waals surface area contributed by atoms with Gasteiger partial charge in [0.25, 0.3) is 0 Å². The first kappa shape index (κ1) is 9.63. The third-order valence-electron chi connectivity index (χ3n) is 1.91. The number of rotatable bonds is 1. The molecule has 70 valence electrons. The fourth-order valence-corrected chi connectivity index (χ4v) is 2.91. The van der Waals surface area contributed by atoms with Crippen molar-refractivity contribution in [3.8, 4) is 6.07 Å². The molecule has 14 heavy (non-hydrogen) atoms. The molecule has 4 heteroatoms. The van der Waals surface area contributed by atoms with Gasteiger partial charge in [0.2, 0.25) is 0 Å². The van der Waals surface area contributed by atoms with E-state index in [0.717, 1.165) is 9.17 Å². The lowest BCUT2D eigenvalue weighted by atomic mass is 10.2. The number of halogens is 2. The Morgan fingerprint density at radius 3 is 2.93 bits per heavy atom. The second-order valence-electron chi connectivity index (χ2n) is 2.79. The maximum Gasteiger partial charge on any atom is 0.146 e. The van der Waals surface area contributed by atoms with Crippen molar-refractivity contribution in [3.63, 3.8) is 0 Å². The lowest BCUT2D eigenvalue weighted by molar-refractivity contribution is 0.633. The molecule has 0 saturated heterocycles. The topological polar surface area (TPSA) is 23.8 Å². The second-order valence-corrected chi connectivity index (χ2v) is 4.75. The van der Waals surface area contributed by atoms with Gasteiger partial charge in [-0.25, -0.2) is 4.39 Å². The molecule has 0 atom stereocenters. The summed E-state index contributed by atoms with van der Waals surface area (Å²) in [6, 6.07) is 7.35. The van der Waals surface area contributed by atoms with Crippen molar-refractivity contribution in [1.29, 1.82) is 5.26 Å². The van der Waals surface area contributed by atoms with E-state index in [9.17, 15) is 4.39 Å². The minimum atomic E-state index is -0.257. The summed E-state index contributed by atoms with van der Waals surface area (Å²) in [6.45, 7) is 0. The van der Waals surface area contributed by atoms with E-state index in [1.807, 2.05) is 12.1 Å². The molecule has 1 aromatic heterocycles. The van der Waals surface area contributed by atoms with Crippen LogP contribution in [0.15, 0.2) is 22.7 Å². The lowest BCUT2D eigenvalue weighted by Crippen LogP contribution is -1.78. The van der Waals surface area contributed by atoms with Crippen LogP contribution in [0.3, 0.4) is 0 Å². The second kappa shape index (κ2) is 3.68. The summed E-state index contributed by atoms with van der Waals surface area (Å²) in [5.74, 6) is -0.257. The molecule has 0 aliphatic heterocycles. The normalized spacial score (nSPS) is 10.4. The average molecular weight is 270 g/mol. The SMILES string of the molecule is N#CCc1sc2c(Br)cccc2c1F. The highest BCUT2D eigenvalue weighted by atomic mass is 79.9. The number of nitriles is 1. The molecule has 0 N–H and O–H groups in total. The van der Waals surface area contributed by atoms with Crippen LogP contribution in [0.4, 0.5) is 4.39 Å². The third kappa shape index (κ3) is 1.43. The van der Waals surface area contributed by atoms with E-state index in [0.29, 0.717) is 10.3 Å². The van der Waals surface area contributed by atoms with Crippen molar-refractivity contribution in [2.45, 2.75) is 6.42 Å². The van der Waals surface area contributed by atoms with Gasteiger partial charge in [-0.3, -0.25) is 0 Å². The van der Waals surface area contributed by atoms with E-state index in [4.69, 9.17) is 5.26 Å². The predicted octanol–water partition coefficient (Wildman–Crippen LogP) is 3.87. The monoisotopic (exact) mass is 269 g/mol. The molecule has 0 fully saturated rings. The molecule has 0 radical (unpaired) electrons. The number of hydrogen-bond donors (Lipinski definition) is 0. The molecular weight excluding hydrogens is 265 g/mol. The summed E-state index contributed by atoms with van der Waals surface area (Å²) in [6.07, 6.45) is 0.137. The largest absolute Gasteiger partial charge is 0.205 e. The zero-order chi connectivity index (χ0) is 10.1. The summed E-state index contributed by atoms with van der Waals surface area (Å²) < 4.78 is 15.4. The quantitative estimate of drug-likeness (QED) is 0.771. The molecule has 2 aromatic rings. The first-order valence-corrected chi connectivity index (χ1v) is 5.57. The van der Waals surface area contributed by atoms with Crippen LogP contribution in [-0.2, 0) is 6.42 Å². The summed E-state index contributed by atoms with van der Waals surface area (Å²) in [4.78, 5) is 0.509. The Balaban J connectivity index is 2.74. The van der Waals surface area contributed by atoms with Crippen LogP contribution in [0.25, 0.3) is 10.1 Å². The van der Waals surface area contributed by atoms with Gasteiger partial charge in [0.05, 0.1) is 22.1 Å². The van der Waals surface area contributed by atoms with Gasteiger partial charge in [-0.2, -0.15) is 5.26 Å². The standard InChI is InChI=1S/C10H5BrFNS/c11-7-3-1-2-6-9(12)8(4-5-13)14-10(6)7/h1-3H,4H2. The van der Waals surface area contributed by atoms with Crippen LogP contribution in [-0.4, -0.2) is 0 Å². The molecule has 1 aromatic carbocycles. The van der Waals surface area contributed by atoms with E-state index >= 15 is 0 Å². The molecular formula is C10H5BrFNS. The van der Waals surface area contributed by atoms with E-state index in [-0.39, 0.29) is 12.2 Å². The summed E-state index contributed by atoms with van der Waals surface area (Å²) >= 11 is 4.69. The Labute approximate surface area is 92.9 Å². The van der Waals surface area contributed by atoms with Crippen molar-refractivity contribution in [1.82, 2.24) is 0 Å². The Hall–Kier alpha value is -0.920. The van der Waals surface area contributed by atoms with Gasteiger partial charge in [-0.15, -0.1) is 11.3 Å². The summed E-state index contributed by atoms with van der Waals surface area (Å²) in [5.41, 5.74) is 0. The van der Waals surface area contributed by atoms with Crippen molar-refractivity contribution in [3.05, 3.63) is 33.4 Å². The Kier molecular flexibility index (Phi) is 2.53. The summed E-state index contributed by atoms with van der Waals surface area (Å²) in [5, 5.41) is 9.11. The van der Waals surface area contributed by atoms with Crippen LogP contribution < -0.4 is 0 Å². The van der Waals surface area contributed by atoms with Gasteiger partial charge in [-0.1, -0.05) is 12.1 Å². The van der Waals surface area contributed by atoms with Crippen LogP contribution in [0, 0.1) is 17.1 Å². The molecule has 0 aliphatic carbocycles. The number of fused-ring (bicyclic) bond motifs is 1. The maximum atomic E-state index is 13.6. The highest BCUT2D eigenvalue weighted by molar-refractivity contribution is 9.10. The van der Waals surface area contributed by atoms with E-state index < -0.39 is 0 Å². The van der Waals surface area contributed by atoms with Crippen LogP contribution in [0.5, 0.6) is 0 Å². The first-order valence-electron chi connectivity index (χ1n) is 3.96. The Bertz CT molecular complexity index is 527. The molecule has 0 unspecified atom stereocenters. The highest BCUT2D eigenvalue weighted by Crippen LogP contribution is 2.35. The smallest absolute Gasteiger partial charge is 0.146 e. The van der Waals surface area contributed by atoms with E-state index in [1.165, 1.54) is 11.3 Å². The van der Waals surface area contributed by atoms with Crippen molar-refractivity contribution in [2.24, 2.45) is 0 Å². The maximum absolute atomic E-state index is 13.6. The molecule has 1 nitrogen and oxygen atoms in total. The zero-order valence-electron chi connectivity index (χ0n) is 7.05. The molecule has 0 saturated carbocycles. The third-order valence-corrected chi connectivity index (χ3v) is 4.05. The van der Waals surface area contributed by atoms with Gasteiger partial charge < -0.3 is 0 Å². The number of hydrogen-bond acceptors (Lipinski definition) is 2. The zero-order valence-corrected chi connectivity index (χ0v) is 9.45. The van der Waals surface area contributed by atoms with Gasteiger partial charge >= 0.3 is 0 Å². The molecule has 0 aliphatic rings. The predicted molar refractivity (Wildman–Crippen MR) is 58.8 cm³/mol. The fourth-order valence-electron chi connectivity index (χ4n) is 1.29. The first-order chi connectivity index (χ1) is 6.74.